The second-order valence-electron chi connectivity index (χ2n) is 7.25. The molecule has 4 unspecified atom stereocenters. The molecule has 4 atom stereocenters. The minimum absolute atomic E-state index is 0.145. The Kier molecular flexibility index (Phi) is 4.35. The van der Waals surface area contributed by atoms with Gasteiger partial charge in [-0.25, -0.2) is 0 Å². The molecule has 2 rings (SSSR count). The Morgan fingerprint density at radius 1 is 1.28 bits per heavy atom. The second-order valence-corrected chi connectivity index (χ2v) is 7.25. The molecule has 3 heteroatoms. The van der Waals surface area contributed by atoms with Gasteiger partial charge in [0.1, 0.15) is 0 Å². The third-order valence-corrected chi connectivity index (χ3v) is 5.13. The molecule has 1 saturated heterocycles. The molecule has 2 N–H and O–H groups in total. The van der Waals surface area contributed by atoms with Gasteiger partial charge in [-0.1, -0.05) is 20.8 Å². The third-order valence-electron chi connectivity index (χ3n) is 5.13. The van der Waals surface area contributed by atoms with E-state index >= 15 is 0 Å². The van der Waals surface area contributed by atoms with Crippen molar-refractivity contribution in [3.63, 3.8) is 0 Å². The molecule has 2 fully saturated rings. The molecule has 0 radical (unpaired) electrons. The van der Waals surface area contributed by atoms with Crippen LogP contribution in [0.5, 0.6) is 0 Å². The van der Waals surface area contributed by atoms with E-state index in [2.05, 4.69) is 25.7 Å². The van der Waals surface area contributed by atoms with Crippen LogP contribution in [0.4, 0.5) is 0 Å². The number of aliphatic hydroxyl groups is 2. The van der Waals surface area contributed by atoms with Crippen molar-refractivity contribution >= 4 is 0 Å². The number of hydrogen-bond donors (Lipinski definition) is 2. The average molecular weight is 255 g/mol. The lowest BCUT2D eigenvalue weighted by Gasteiger charge is -2.41. The highest BCUT2D eigenvalue weighted by Gasteiger charge is 2.38. The number of aliphatic hydroxyl groups excluding tert-OH is 2. The predicted octanol–water partition coefficient (Wildman–Crippen LogP) is 1.88. The van der Waals surface area contributed by atoms with Crippen molar-refractivity contribution in [1.29, 1.82) is 0 Å². The van der Waals surface area contributed by atoms with Crippen LogP contribution in [0.2, 0.25) is 0 Å². The van der Waals surface area contributed by atoms with Crippen molar-refractivity contribution in [3.8, 4) is 0 Å². The van der Waals surface area contributed by atoms with Gasteiger partial charge in [-0.15, -0.1) is 0 Å². The van der Waals surface area contributed by atoms with Crippen molar-refractivity contribution in [1.82, 2.24) is 4.90 Å². The molecule has 0 aromatic carbocycles. The molecular formula is C15H29NO2. The van der Waals surface area contributed by atoms with E-state index in [0.29, 0.717) is 23.3 Å². The normalized spacial score (nSPS) is 41.2. The molecule has 0 spiro atoms. The number of hydrogen-bond acceptors (Lipinski definition) is 3. The van der Waals surface area contributed by atoms with Crippen molar-refractivity contribution in [2.24, 2.45) is 17.3 Å². The zero-order chi connectivity index (χ0) is 13.3. The molecule has 3 nitrogen and oxygen atoms in total. The summed E-state index contributed by atoms with van der Waals surface area (Å²) in [5, 5.41) is 19.7. The Balaban J connectivity index is 1.95. The van der Waals surface area contributed by atoms with Gasteiger partial charge in [0.15, 0.2) is 0 Å². The molecule has 106 valence electrons. The van der Waals surface area contributed by atoms with Gasteiger partial charge in [-0.2, -0.15) is 0 Å². The van der Waals surface area contributed by atoms with E-state index in [0.717, 1.165) is 32.4 Å². The van der Waals surface area contributed by atoms with Gasteiger partial charge in [-0.05, 0) is 49.5 Å². The fourth-order valence-electron chi connectivity index (χ4n) is 3.82. The Morgan fingerprint density at radius 3 is 2.67 bits per heavy atom. The first-order chi connectivity index (χ1) is 8.43. The monoisotopic (exact) mass is 255 g/mol. The van der Waals surface area contributed by atoms with Crippen LogP contribution in [0.3, 0.4) is 0 Å². The highest BCUT2D eigenvalue weighted by Crippen LogP contribution is 2.40. The second kappa shape index (κ2) is 5.48. The van der Waals surface area contributed by atoms with Gasteiger partial charge in [0.25, 0.3) is 0 Å². The molecular weight excluding hydrogens is 226 g/mol. The number of rotatable bonds is 3. The fourth-order valence-corrected chi connectivity index (χ4v) is 3.82. The van der Waals surface area contributed by atoms with Crippen molar-refractivity contribution < 1.29 is 10.2 Å². The first-order valence-electron chi connectivity index (χ1n) is 7.46. The summed E-state index contributed by atoms with van der Waals surface area (Å²) >= 11 is 0. The summed E-state index contributed by atoms with van der Waals surface area (Å²) in [4.78, 5) is 2.40. The maximum atomic E-state index is 10.2. The largest absolute Gasteiger partial charge is 0.395 e. The van der Waals surface area contributed by atoms with E-state index in [1.165, 1.54) is 6.42 Å². The molecule has 1 heterocycles. The lowest BCUT2D eigenvalue weighted by Crippen LogP contribution is -2.44. The van der Waals surface area contributed by atoms with Crippen molar-refractivity contribution in [3.05, 3.63) is 0 Å². The molecule has 18 heavy (non-hydrogen) atoms. The maximum absolute atomic E-state index is 10.2. The molecule has 0 bridgehead atoms. The first-order valence-corrected chi connectivity index (χ1v) is 7.46. The van der Waals surface area contributed by atoms with E-state index in [1.54, 1.807) is 0 Å². The summed E-state index contributed by atoms with van der Waals surface area (Å²) in [7, 11) is 0. The van der Waals surface area contributed by atoms with Crippen LogP contribution >= 0.6 is 0 Å². The molecule has 0 aromatic heterocycles. The summed E-state index contributed by atoms with van der Waals surface area (Å²) in [6.07, 6.45) is 4.21. The standard InChI is InChI=1S/C15H29NO2/c1-11-5-7-16(13(11)10-17)9-12-8-15(2,3)6-4-14(12)18/h11-14,17-18H,4-10H2,1-3H3. The average Bonchev–Trinajstić information content (AvgIpc) is 2.64. The number of nitrogens with zero attached hydrogens (tertiary/aromatic N) is 1. The summed E-state index contributed by atoms with van der Waals surface area (Å²) in [6, 6.07) is 0.308. The van der Waals surface area contributed by atoms with E-state index in [-0.39, 0.29) is 12.7 Å². The van der Waals surface area contributed by atoms with Gasteiger partial charge in [-0.3, -0.25) is 4.90 Å². The van der Waals surface area contributed by atoms with Crippen LogP contribution in [-0.4, -0.2) is 47.0 Å². The molecule has 2 aliphatic rings. The first kappa shape index (κ1) is 14.3. The molecule has 0 amide bonds. The van der Waals surface area contributed by atoms with E-state index in [4.69, 9.17) is 0 Å². The summed E-state index contributed by atoms with van der Waals surface area (Å²) < 4.78 is 0. The van der Waals surface area contributed by atoms with E-state index in [9.17, 15) is 10.2 Å². The maximum Gasteiger partial charge on any atom is 0.0589 e. The summed E-state index contributed by atoms with van der Waals surface area (Å²) in [5.74, 6) is 0.969. The Labute approximate surface area is 111 Å². The van der Waals surface area contributed by atoms with Gasteiger partial charge >= 0.3 is 0 Å². The predicted molar refractivity (Wildman–Crippen MR) is 73.4 cm³/mol. The fraction of sp³-hybridized carbons (Fsp3) is 1.00. The van der Waals surface area contributed by atoms with Crippen LogP contribution in [0.15, 0.2) is 0 Å². The van der Waals surface area contributed by atoms with Crippen LogP contribution in [0, 0.1) is 17.3 Å². The minimum atomic E-state index is -0.145. The van der Waals surface area contributed by atoms with Crippen LogP contribution in [-0.2, 0) is 0 Å². The van der Waals surface area contributed by atoms with E-state index in [1.807, 2.05) is 0 Å². The minimum Gasteiger partial charge on any atom is -0.395 e. The van der Waals surface area contributed by atoms with Crippen LogP contribution < -0.4 is 0 Å². The molecule has 1 aliphatic carbocycles. The molecule has 0 aromatic rings. The Morgan fingerprint density at radius 2 is 2.00 bits per heavy atom. The van der Waals surface area contributed by atoms with Gasteiger partial charge < -0.3 is 10.2 Å². The van der Waals surface area contributed by atoms with Gasteiger partial charge in [0.05, 0.1) is 12.7 Å². The quantitative estimate of drug-likeness (QED) is 0.809. The molecule has 1 saturated carbocycles. The Hall–Kier alpha value is -0.120. The summed E-state index contributed by atoms with van der Waals surface area (Å²) in [5.41, 5.74) is 0.365. The third kappa shape index (κ3) is 3.06. The Bertz CT molecular complexity index is 280. The number of likely N-dealkylation sites (tertiary alicyclic amines) is 1. The highest BCUT2D eigenvalue weighted by atomic mass is 16.3. The topological polar surface area (TPSA) is 43.7 Å². The smallest absolute Gasteiger partial charge is 0.0589 e. The van der Waals surface area contributed by atoms with Crippen LogP contribution in [0.1, 0.15) is 46.5 Å². The zero-order valence-corrected chi connectivity index (χ0v) is 12.1. The van der Waals surface area contributed by atoms with Gasteiger partial charge in [0.2, 0.25) is 0 Å². The van der Waals surface area contributed by atoms with Crippen molar-refractivity contribution in [2.45, 2.75) is 58.6 Å². The highest BCUT2D eigenvalue weighted by molar-refractivity contribution is 4.90. The SMILES string of the molecule is CC1CCN(CC2CC(C)(C)CCC2O)C1CO. The lowest BCUT2D eigenvalue weighted by molar-refractivity contribution is -0.00297. The zero-order valence-electron chi connectivity index (χ0n) is 12.1. The van der Waals surface area contributed by atoms with Crippen molar-refractivity contribution in [2.75, 3.05) is 19.7 Å². The summed E-state index contributed by atoms with van der Waals surface area (Å²) in [6.45, 7) is 9.13. The lowest BCUT2D eigenvalue weighted by atomic mass is 9.70. The van der Waals surface area contributed by atoms with E-state index < -0.39 is 0 Å². The van der Waals surface area contributed by atoms with Crippen LogP contribution in [0.25, 0.3) is 0 Å². The molecule has 1 aliphatic heterocycles. The van der Waals surface area contributed by atoms with Gasteiger partial charge in [0, 0.05) is 12.6 Å².